The average molecular weight is 608 g/mol. The van der Waals surface area contributed by atoms with Crippen molar-refractivity contribution in [3.63, 3.8) is 0 Å². The Morgan fingerprint density at radius 3 is 2.84 bits per heavy atom. The Balaban J connectivity index is 1.31. The molecule has 230 valence electrons. The molecule has 4 saturated heterocycles. The first-order valence-electron chi connectivity index (χ1n) is 17.2. The summed E-state index contributed by atoms with van der Waals surface area (Å²) in [5.41, 5.74) is -1.98. The predicted octanol–water partition coefficient (Wildman–Crippen LogP) is 3.63. The van der Waals surface area contributed by atoms with E-state index in [1.807, 2.05) is 4.90 Å². The van der Waals surface area contributed by atoms with Gasteiger partial charge in [0.25, 0.3) is 5.56 Å². The van der Waals surface area contributed by atoms with Crippen LogP contribution < -0.4 is 20.5 Å². The van der Waals surface area contributed by atoms with Gasteiger partial charge in [-0.1, -0.05) is 13.0 Å². The molecule has 0 saturated carbocycles. The molecule has 4 aliphatic heterocycles. The number of halogens is 2. The summed E-state index contributed by atoms with van der Waals surface area (Å²) in [6.45, 7) is -1.91. The molecule has 4 fully saturated rings. The number of hydrogen-bond donors (Lipinski definition) is 2. The first-order chi connectivity index (χ1) is 22.8. The van der Waals surface area contributed by atoms with Crippen LogP contribution in [0.5, 0.6) is 11.8 Å². The number of aromatic hydroxyl groups is 1. The van der Waals surface area contributed by atoms with E-state index in [9.17, 15) is 18.7 Å². The number of nitrogens with one attached hydrogen (secondary N) is 1. The number of benzene rings is 2. The molecular weight excluding hydrogens is 568 g/mol. The van der Waals surface area contributed by atoms with Crippen LogP contribution in [0.4, 0.5) is 14.6 Å². The van der Waals surface area contributed by atoms with Gasteiger partial charge in [-0.2, -0.15) is 19.7 Å². The van der Waals surface area contributed by atoms with E-state index in [-0.39, 0.29) is 54.8 Å². The zero-order valence-corrected chi connectivity index (χ0v) is 24.2. The summed E-state index contributed by atoms with van der Waals surface area (Å²) in [5, 5.41) is 19.8. The van der Waals surface area contributed by atoms with E-state index in [1.165, 1.54) is 35.4 Å². The van der Waals surface area contributed by atoms with Crippen molar-refractivity contribution in [1.29, 1.82) is 0 Å². The molecule has 0 spiro atoms. The van der Waals surface area contributed by atoms with Crippen molar-refractivity contribution in [1.82, 2.24) is 30.0 Å². The van der Waals surface area contributed by atoms with Gasteiger partial charge in [-0.15, -0.1) is 0 Å². The molecule has 6 heterocycles. The highest BCUT2D eigenvalue weighted by Gasteiger charge is 2.49. The molecular formula is C32H35F2N7O3. The van der Waals surface area contributed by atoms with Crippen molar-refractivity contribution in [3.05, 3.63) is 52.2 Å². The molecule has 0 unspecified atom stereocenters. The number of rotatable bonds is 6. The fraction of sp³-hybridized carbons (Fsp3) is 0.500. The average Bonchev–Trinajstić information content (AvgIpc) is 3.66. The van der Waals surface area contributed by atoms with Crippen LogP contribution in [0.15, 0.2) is 35.3 Å². The van der Waals surface area contributed by atoms with E-state index in [4.69, 9.17) is 10.2 Å². The van der Waals surface area contributed by atoms with Crippen molar-refractivity contribution in [3.8, 4) is 17.4 Å². The van der Waals surface area contributed by atoms with Gasteiger partial charge in [0.15, 0.2) is 0 Å². The fourth-order valence-corrected chi connectivity index (χ4v) is 7.46. The maximum absolute atomic E-state index is 15.0. The number of alkyl halides is 1. The van der Waals surface area contributed by atoms with E-state index < -0.39 is 42.2 Å². The minimum atomic E-state index is -2.63. The summed E-state index contributed by atoms with van der Waals surface area (Å²) < 4.78 is 71.7. The lowest BCUT2D eigenvalue weighted by molar-refractivity contribution is 0.107. The highest BCUT2D eigenvalue weighted by molar-refractivity contribution is 5.95. The van der Waals surface area contributed by atoms with Crippen LogP contribution in [-0.4, -0.2) is 86.2 Å². The third-order valence-corrected chi connectivity index (χ3v) is 9.46. The molecule has 4 atom stereocenters. The van der Waals surface area contributed by atoms with Crippen LogP contribution in [-0.2, 0) is 6.42 Å². The Kier molecular flexibility index (Phi) is 5.52. The first kappa shape index (κ1) is 23.5. The van der Waals surface area contributed by atoms with Crippen LogP contribution in [0.3, 0.4) is 0 Å². The summed E-state index contributed by atoms with van der Waals surface area (Å²) >= 11 is 0. The number of aromatic nitrogens is 4. The largest absolute Gasteiger partial charge is 0.508 e. The fourth-order valence-electron chi connectivity index (χ4n) is 7.46. The normalized spacial score (nSPS) is 29.4. The highest BCUT2D eigenvalue weighted by atomic mass is 19.1. The molecule has 2 bridgehead atoms. The smallest absolute Gasteiger partial charge is 0.319 e. The lowest BCUT2D eigenvalue weighted by Crippen LogP contribution is -2.51. The van der Waals surface area contributed by atoms with E-state index in [1.54, 1.807) is 6.92 Å². The number of nitrogens with zero attached hydrogens (tertiary/aromatic N) is 6. The Labute approximate surface area is 258 Å². The van der Waals surface area contributed by atoms with Crippen LogP contribution in [0.1, 0.15) is 50.1 Å². The number of ether oxygens (including phenoxy) is 1. The van der Waals surface area contributed by atoms with Gasteiger partial charge in [-0.05, 0) is 61.7 Å². The second-order valence-electron chi connectivity index (χ2n) is 12.2. The van der Waals surface area contributed by atoms with Crippen molar-refractivity contribution in [2.45, 2.75) is 69.2 Å². The topological polar surface area (TPSA) is 109 Å². The molecule has 4 aromatic rings. The van der Waals surface area contributed by atoms with Crippen LogP contribution in [0.2, 0.25) is 0 Å². The third-order valence-electron chi connectivity index (χ3n) is 9.46. The van der Waals surface area contributed by atoms with Crippen molar-refractivity contribution >= 4 is 27.5 Å². The summed E-state index contributed by atoms with van der Waals surface area (Å²) in [4.78, 5) is 26.6. The molecule has 2 aromatic heterocycles. The predicted molar refractivity (Wildman–Crippen MR) is 162 cm³/mol. The Morgan fingerprint density at radius 1 is 1.23 bits per heavy atom. The van der Waals surface area contributed by atoms with Crippen LogP contribution >= 0.6 is 0 Å². The molecule has 44 heavy (non-hydrogen) atoms. The molecule has 0 aliphatic carbocycles. The maximum Gasteiger partial charge on any atom is 0.319 e. The number of hydrogen-bond acceptors (Lipinski definition) is 9. The molecule has 10 nitrogen and oxygen atoms in total. The summed E-state index contributed by atoms with van der Waals surface area (Å²) in [7, 11) is 0. The molecule has 8 rings (SSSR count). The van der Waals surface area contributed by atoms with Gasteiger partial charge < -0.3 is 20.1 Å². The van der Waals surface area contributed by atoms with E-state index in [0.29, 0.717) is 47.1 Å². The Morgan fingerprint density at radius 2 is 2.05 bits per heavy atom. The molecule has 2 N–H and O–H groups in total. The van der Waals surface area contributed by atoms with E-state index in [0.717, 1.165) is 17.5 Å². The van der Waals surface area contributed by atoms with Gasteiger partial charge in [0.1, 0.15) is 35.6 Å². The number of phenols is 1. The van der Waals surface area contributed by atoms with Crippen LogP contribution in [0.25, 0.3) is 27.4 Å². The van der Waals surface area contributed by atoms with Crippen molar-refractivity contribution in [2.75, 3.05) is 37.6 Å². The molecule has 0 radical (unpaired) electrons. The monoisotopic (exact) mass is 607 g/mol. The summed E-state index contributed by atoms with van der Waals surface area (Å²) in [6, 6.07) is 5.57. The lowest BCUT2D eigenvalue weighted by Gasteiger charge is -2.34. The van der Waals surface area contributed by atoms with Gasteiger partial charge in [-0.3, -0.25) is 9.69 Å². The summed E-state index contributed by atoms with van der Waals surface area (Å²) in [6.07, 6.45) is 1.99. The second kappa shape index (κ2) is 10.3. The van der Waals surface area contributed by atoms with E-state index in [2.05, 4.69) is 20.4 Å². The minimum absolute atomic E-state index is 0.00453. The zero-order chi connectivity index (χ0) is 33.7. The van der Waals surface area contributed by atoms with Gasteiger partial charge in [0.05, 0.1) is 25.6 Å². The van der Waals surface area contributed by atoms with Gasteiger partial charge >= 0.3 is 6.01 Å². The molecule has 4 aliphatic rings. The van der Waals surface area contributed by atoms with Gasteiger partial charge in [0, 0.05) is 52.3 Å². The number of anilines is 1. The Hall–Kier alpha value is -3.90. The standard InChI is InChI=1S/C32H35F2N7O3/c1-2-23-25(34)7-4-18-10-22(42)11-26(27(18)23)41-30(43)28-24(13-35-41)29(39-15-20-5-6-21(16-39)36-20)38-31(37-28)44-17-32-8-3-9-40(32)14-19(33)12-32/h4,7,10-11,13,19-21,36,42H,2-3,5-6,8-9,12,14-17H2,1H3/t19-,20-,21+,32+/m1/s1/i9D2,17D2. The lowest BCUT2D eigenvalue weighted by atomic mass is 9.95. The summed E-state index contributed by atoms with van der Waals surface area (Å²) in [5.74, 6) is -0.290. The number of piperazine rings is 1. The van der Waals surface area contributed by atoms with Gasteiger partial charge in [0.2, 0.25) is 0 Å². The molecule has 2 aromatic carbocycles. The van der Waals surface area contributed by atoms with Crippen LogP contribution in [0, 0.1) is 5.82 Å². The number of aryl methyl sites for hydroxylation is 1. The Bertz CT molecular complexity index is 2020. The first-order valence-corrected chi connectivity index (χ1v) is 15.2. The second-order valence-corrected chi connectivity index (χ2v) is 12.2. The van der Waals surface area contributed by atoms with E-state index >= 15 is 0 Å². The number of phenolic OH excluding ortho intramolecular Hbond substituents is 1. The van der Waals surface area contributed by atoms with Gasteiger partial charge in [-0.25, -0.2) is 8.78 Å². The number of fused-ring (bicyclic) bond motifs is 5. The third kappa shape index (κ3) is 4.41. The molecule has 0 amide bonds. The highest BCUT2D eigenvalue weighted by Crippen LogP contribution is 2.40. The SMILES string of the molecule is [2H]C1([2H])CC[C@@]2(C([2H])([2H])Oc3nc(N4C[C@H]5CC[C@@H](C4)N5)c4cnn(-c5cc(O)cc6ccc(F)c(CC)c56)c(=O)c4n3)C[C@@H](F)CN12. The van der Waals surface area contributed by atoms with Crippen molar-refractivity contribution < 1.29 is 24.1 Å². The minimum Gasteiger partial charge on any atom is -0.508 e. The maximum atomic E-state index is 15.0. The zero-order valence-electron chi connectivity index (χ0n) is 28.2. The van der Waals surface area contributed by atoms with Crippen molar-refractivity contribution in [2.24, 2.45) is 0 Å². The molecule has 12 heteroatoms. The quantitative estimate of drug-likeness (QED) is 0.340.